The third-order valence-electron chi connectivity index (χ3n) is 10.6. The molecule has 1 aliphatic heterocycles. The monoisotopic (exact) mass is 849 g/mol. The molecular weight excluding hydrogens is 769 g/mol. The van der Waals surface area contributed by atoms with Gasteiger partial charge in [0.25, 0.3) is 5.97 Å². The number of allylic oxidation sites excluding steroid dienone is 3. The molecule has 5 rings (SSSR count). The van der Waals surface area contributed by atoms with Crippen LogP contribution in [-0.2, 0) is 39.9 Å². The number of ketones is 2. The van der Waals surface area contributed by atoms with Gasteiger partial charge < -0.3 is 35.0 Å². The molecule has 344 valence electrons. The van der Waals surface area contributed by atoms with Gasteiger partial charge in [-0.05, 0) is 56.1 Å². The van der Waals surface area contributed by atoms with Crippen LogP contribution < -0.4 is 0 Å². The average Bonchev–Trinajstić information content (AvgIpc) is 3.21. The quantitative estimate of drug-likeness (QED) is 0.123. The highest BCUT2D eigenvalue weighted by molar-refractivity contribution is 5.92. The fourth-order valence-electron chi connectivity index (χ4n) is 7.30. The van der Waals surface area contributed by atoms with Crippen LogP contribution in [0.2, 0.25) is 0 Å². The van der Waals surface area contributed by atoms with E-state index in [2.05, 4.69) is 20.1 Å². The van der Waals surface area contributed by atoms with E-state index in [1.807, 2.05) is 98.7 Å². The lowest BCUT2D eigenvalue weighted by atomic mass is 9.51. The Labute approximate surface area is 361 Å². The van der Waals surface area contributed by atoms with E-state index < -0.39 is 47.0 Å². The van der Waals surface area contributed by atoms with Crippen LogP contribution in [-0.4, -0.2) is 92.1 Å². The predicted molar refractivity (Wildman–Crippen MR) is 238 cm³/mol. The summed E-state index contributed by atoms with van der Waals surface area (Å²) in [6, 6.07) is 9.62. The van der Waals surface area contributed by atoms with Crippen molar-refractivity contribution in [3.63, 3.8) is 0 Å². The van der Waals surface area contributed by atoms with Gasteiger partial charge in [0.05, 0.1) is 30.3 Å². The Balaban J connectivity index is -0.000000813. The molecule has 3 aliphatic carbocycles. The standard InChI is InChI=1S/C21H30O6.C9H10O2.C6H10O2.C4H8.C2H4O2.3C2H6/c1-10-5-6-21(25)8-12-13-9-26-15(13)7-14(23)16(12)18(24)19(27-11(2)22)17(10)20(21,3)4;10-9(11)7-6-8-4-2-1-3-5-8;1-3-5(2)6(8)4-7;1-3-4-2;1-2(3)4;3*1-2/h12-16,19,23,25H,5-9H2,1-4H3;1-5H,6-7H2,(H,10,11);3,5,7H,1,4H2,2H3;3H,1,4H2,2H3;1H3,(H,3,4);3*1-2H3/t12?,13?,14?,15-,16?,19?,21?;;;;;;;/m1......./s1. The molecule has 1 heterocycles. The number of aliphatic hydroxyl groups excluding tert-OH is 2. The van der Waals surface area contributed by atoms with Gasteiger partial charge >= 0.3 is 11.9 Å². The van der Waals surface area contributed by atoms with Crippen LogP contribution in [0.25, 0.3) is 0 Å². The Morgan fingerprint density at radius 1 is 0.983 bits per heavy atom. The van der Waals surface area contributed by atoms with Crippen LogP contribution >= 0.6 is 0 Å². The molecular formula is C48H80O12. The Hall–Kier alpha value is -3.97. The van der Waals surface area contributed by atoms with E-state index in [9.17, 15) is 29.4 Å². The first-order valence-electron chi connectivity index (χ1n) is 21.5. The lowest BCUT2D eigenvalue weighted by Crippen LogP contribution is -2.64. The first-order chi connectivity index (χ1) is 28.2. The minimum Gasteiger partial charge on any atom is -0.481 e. The van der Waals surface area contributed by atoms with Gasteiger partial charge in [-0.15, -0.1) is 13.2 Å². The van der Waals surface area contributed by atoms with Crippen LogP contribution in [0.5, 0.6) is 0 Å². The average molecular weight is 849 g/mol. The molecule has 4 aliphatic rings. The van der Waals surface area contributed by atoms with Crippen molar-refractivity contribution in [2.24, 2.45) is 29.1 Å². The molecule has 7 unspecified atom stereocenters. The lowest BCUT2D eigenvalue weighted by molar-refractivity contribution is -0.221. The van der Waals surface area contributed by atoms with Gasteiger partial charge in [-0.1, -0.05) is 117 Å². The third-order valence-corrected chi connectivity index (χ3v) is 10.6. The second kappa shape index (κ2) is 31.8. The maximum atomic E-state index is 13.6. The molecule has 0 radical (unpaired) electrons. The minimum absolute atomic E-state index is 0.0484. The van der Waals surface area contributed by atoms with E-state index in [1.54, 1.807) is 6.92 Å². The molecule has 1 saturated heterocycles. The van der Waals surface area contributed by atoms with Crippen LogP contribution in [0.4, 0.5) is 0 Å². The summed E-state index contributed by atoms with van der Waals surface area (Å²) in [6.07, 6.45) is 5.54. The van der Waals surface area contributed by atoms with Crippen molar-refractivity contribution >= 4 is 29.5 Å². The molecule has 5 N–H and O–H groups in total. The number of carboxylic acid groups (broad SMARTS) is 2. The molecule has 12 nitrogen and oxygen atoms in total. The molecule has 0 aromatic heterocycles. The number of aliphatic carboxylic acids is 2. The zero-order chi connectivity index (χ0) is 47.4. The lowest BCUT2D eigenvalue weighted by Gasteiger charge is -2.58. The summed E-state index contributed by atoms with van der Waals surface area (Å²) in [5.74, 6) is -3.35. The first kappa shape index (κ1) is 60.3. The molecule has 8 atom stereocenters. The third kappa shape index (κ3) is 19.2. The molecule has 2 saturated carbocycles. The normalized spacial score (nSPS) is 25.2. The second-order valence-corrected chi connectivity index (χ2v) is 14.7. The van der Waals surface area contributed by atoms with E-state index in [0.29, 0.717) is 44.3 Å². The van der Waals surface area contributed by atoms with Crippen molar-refractivity contribution in [2.45, 2.75) is 159 Å². The largest absolute Gasteiger partial charge is 0.481 e. The fraction of sp³-hybridized carbons (Fsp3) is 0.646. The predicted octanol–water partition coefficient (Wildman–Crippen LogP) is 8.60. The van der Waals surface area contributed by atoms with Crippen molar-refractivity contribution in [2.75, 3.05) is 13.2 Å². The number of hydrogen-bond acceptors (Lipinski definition) is 10. The Morgan fingerprint density at radius 3 is 1.88 bits per heavy atom. The number of esters is 1. The molecule has 3 fully saturated rings. The summed E-state index contributed by atoms with van der Waals surface area (Å²) in [5, 5.41) is 46.5. The summed E-state index contributed by atoms with van der Waals surface area (Å²) in [4.78, 5) is 55.0. The Morgan fingerprint density at radius 2 is 1.50 bits per heavy atom. The zero-order valence-electron chi connectivity index (χ0n) is 39.0. The fourth-order valence-corrected chi connectivity index (χ4v) is 7.30. The molecule has 1 aromatic rings. The number of fused-ring (bicyclic) bond motifs is 5. The summed E-state index contributed by atoms with van der Waals surface area (Å²) in [6.45, 7) is 31.0. The number of aliphatic hydroxyl groups is 3. The summed E-state index contributed by atoms with van der Waals surface area (Å²) in [7, 11) is 0. The number of carbonyl (C=O) groups is 5. The molecule has 0 amide bonds. The summed E-state index contributed by atoms with van der Waals surface area (Å²) in [5.41, 5.74) is 1.08. The molecule has 1 aromatic carbocycles. The van der Waals surface area contributed by atoms with Gasteiger partial charge in [0, 0.05) is 43.9 Å². The molecule has 0 spiro atoms. The number of Topliss-reactive ketones (excluding diaryl/α,β-unsaturated/α-hetero) is 2. The van der Waals surface area contributed by atoms with E-state index in [4.69, 9.17) is 29.6 Å². The number of rotatable bonds is 8. The minimum atomic E-state index is -1.04. The highest BCUT2D eigenvalue weighted by Crippen LogP contribution is 2.58. The van der Waals surface area contributed by atoms with E-state index >= 15 is 0 Å². The molecule has 2 bridgehead atoms. The Bertz CT molecular complexity index is 1460. The van der Waals surface area contributed by atoms with Crippen LogP contribution in [0.1, 0.15) is 134 Å². The van der Waals surface area contributed by atoms with Crippen LogP contribution in [0.3, 0.4) is 0 Å². The SMILES string of the molecule is C=CC(C)C(=O)CO.C=CCC.CC.CC.CC.CC(=O)O.CC(=O)OC1C(=O)C2C(O)C[C@H]3OCC3C2CC2(O)CCC(C)=C1C2(C)C.O=C(O)CCc1ccccc1. The van der Waals surface area contributed by atoms with E-state index in [1.165, 1.54) is 13.0 Å². The van der Waals surface area contributed by atoms with E-state index in [-0.39, 0.29) is 48.5 Å². The summed E-state index contributed by atoms with van der Waals surface area (Å²) < 4.78 is 11.2. The highest BCUT2D eigenvalue weighted by Gasteiger charge is 2.62. The van der Waals surface area contributed by atoms with Crippen molar-refractivity contribution in [3.8, 4) is 0 Å². The topological polar surface area (TPSA) is 205 Å². The van der Waals surface area contributed by atoms with Gasteiger partial charge in [0.1, 0.15) is 6.61 Å². The maximum absolute atomic E-state index is 13.6. The van der Waals surface area contributed by atoms with Crippen molar-refractivity contribution in [1.29, 1.82) is 0 Å². The number of carboxylic acids is 2. The van der Waals surface area contributed by atoms with Gasteiger partial charge in [-0.25, -0.2) is 0 Å². The number of benzene rings is 1. The zero-order valence-corrected chi connectivity index (χ0v) is 39.0. The van der Waals surface area contributed by atoms with Gasteiger partial charge in [-0.2, -0.15) is 0 Å². The van der Waals surface area contributed by atoms with Crippen LogP contribution in [0, 0.1) is 29.1 Å². The number of hydrogen-bond donors (Lipinski definition) is 5. The molecule has 12 heteroatoms. The Kier molecular flexibility index (Phi) is 32.0. The second-order valence-electron chi connectivity index (χ2n) is 14.7. The van der Waals surface area contributed by atoms with Crippen molar-refractivity contribution < 1.29 is 59.0 Å². The van der Waals surface area contributed by atoms with Crippen molar-refractivity contribution in [1.82, 2.24) is 0 Å². The van der Waals surface area contributed by atoms with Crippen molar-refractivity contribution in [3.05, 3.63) is 72.4 Å². The maximum Gasteiger partial charge on any atom is 0.303 e. The number of carbonyl (C=O) groups excluding carboxylic acids is 3. The highest BCUT2D eigenvalue weighted by atomic mass is 16.5. The number of aryl methyl sites for hydroxylation is 1. The van der Waals surface area contributed by atoms with Gasteiger partial charge in [0.15, 0.2) is 17.7 Å². The molecule has 60 heavy (non-hydrogen) atoms. The van der Waals surface area contributed by atoms with Gasteiger partial charge in [-0.3, -0.25) is 24.0 Å². The van der Waals surface area contributed by atoms with E-state index in [0.717, 1.165) is 24.5 Å². The smallest absolute Gasteiger partial charge is 0.303 e. The van der Waals surface area contributed by atoms with Crippen LogP contribution in [0.15, 0.2) is 66.8 Å². The van der Waals surface area contributed by atoms with Gasteiger partial charge in [0.2, 0.25) is 0 Å². The number of ether oxygens (including phenoxy) is 2. The summed E-state index contributed by atoms with van der Waals surface area (Å²) >= 11 is 0. The first-order valence-corrected chi connectivity index (χ1v) is 21.5.